The second-order valence-corrected chi connectivity index (χ2v) is 3.99. The lowest BCUT2D eigenvalue weighted by Gasteiger charge is -2.03. The molecule has 0 aromatic rings. The first kappa shape index (κ1) is 18.1. The van der Waals surface area contributed by atoms with Crippen LogP contribution in [0.3, 0.4) is 0 Å². The van der Waals surface area contributed by atoms with E-state index in [1.807, 2.05) is 6.92 Å². The van der Waals surface area contributed by atoms with Crippen molar-refractivity contribution in [2.24, 2.45) is 5.92 Å². The van der Waals surface area contributed by atoms with Gasteiger partial charge < -0.3 is 9.84 Å². The van der Waals surface area contributed by atoms with Crippen LogP contribution in [-0.4, -0.2) is 23.7 Å². The van der Waals surface area contributed by atoms with Crippen molar-refractivity contribution in [1.29, 1.82) is 0 Å². The van der Waals surface area contributed by atoms with E-state index in [0.29, 0.717) is 18.9 Å². The summed E-state index contributed by atoms with van der Waals surface area (Å²) in [4.78, 5) is 20.3. The Morgan fingerprint density at radius 1 is 1.35 bits per heavy atom. The number of esters is 1. The quantitative estimate of drug-likeness (QED) is 0.576. The molecule has 0 rings (SSSR count). The van der Waals surface area contributed by atoms with Crippen molar-refractivity contribution in [1.82, 2.24) is 0 Å². The first-order valence-electron chi connectivity index (χ1n) is 5.95. The van der Waals surface area contributed by atoms with E-state index < -0.39 is 5.97 Å². The number of carboxylic acid groups (broad SMARTS) is 1. The highest BCUT2D eigenvalue weighted by molar-refractivity contribution is 5.81. The molecule has 4 nitrogen and oxygen atoms in total. The van der Waals surface area contributed by atoms with E-state index in [1.165, 1.54) is 6.08 Å². The zero-order chi connectivity index (χ0) is 13.7. The molecular weight excluding hydrogens is 220 g/mol. The molecule has 0 aliphatic heterocycles. The van der Waals surface area contributed by atoms with Crippen LogP contribution in [0.15, 0.2) is 12.2 Å². The molecule has 0 saturated heterocycles. The average Bonchev–Trinajstić information content (AvgIpc) is 2.18. The minimum absolute atomic E-state index is 0.242. The molecule has 4 heteroatoms. The standard InChI is InChI=1S/C9H16O2.C4H8O2/c1-4-5-9(10)11-7-6-8(2)3;1-2-3-4(5)6/h4-5,8H,6-7H2,1-3H3;2-3H2,1H3,(H,5,6). The van der Waals surface area contributed by atoms with E-state index in [2.05, 4.69) is 13.8 Å². The van der Waals surface area contributed by atoms with Crippen LogP contribution in [0.5, 0.6) is 0 Å². The number of ether oxygens (including phenoxy) is 1. The topological polar surface area (TPSA) is 63.6 Å². The van der Waals surface area contributed by atoms with Gasteiger partial charge in [-0.2, -0.15) is 0 Å². The van der Waals surface area contributed by atoms with Gasteiger partial charge in [-0.25, -0.2) is 4.79 Å². The largest absolute Gasteiger partial charge is 0.481 e. The lowest BCUT2D eigenvalue weighted by atomic mass is 10.1. The van der Waals surface area contributed by atoms with Gasteiger partial charge in [0.05, 0.1) is 6.61 Å². The molecule has 0 bridgehead atoms. The Morgan fingerprint density at radius 2 is 1.94 bits per heavy atom. The van der Waals surface area contributed by atoms with Crippen LogP contribution in [-0.2, 0) is 14.3 Å². The molecule has 17 heavy (non-hydrogen) atoms. The Labute approximate surface area is 104 Å². The Morgan fingerprint density at radius 3 is 2.24 bits per heavy atom. The summed E-state index contributed by atoms with van der Waals surface area (Å²) in [5.41, 5.74) is 0. The van der Waals surface area contributed by atoms with E-state index >= 15 is 0 Å². The van der Waals surface area contributed by atoms with Crippen molar-refractivity contribution in [2.45, 2.75) is 47.0 Å². The molecule has 0 aromatic heterocycles. The molecule has 0 spiro atoms. The fourth-order valence-electron chi connectivity index (χ4n) is 0.793. The molecule has 0 aliphatic carbocycles. The number of hydrogen-bond donors (Lipinski definition) is 1. The third-order valence-electron chi connectivity index (χ3n) is 1.71. The molecule has 0 amide bonds. The lowest BCUT2D eigenvalue weighted by molar-refractivity contribution is -0.138. The van der Waals surface area contributed by atoms with Crippen LogP contribution < -0.4 is 0 Å². The van der Waals surface area contributed by atoms with E-state index in [0.717, 1.165) is 12.8 Å². The Bertz CT molecular complexity index is 232. The minimum Gasteiger partial charge on any atom is -0.481 e. The predicted octanol–water partition coefficient (Wildman–Crippen LogP) is 3.02. The number of allylic oxidation sites excluding steroid dienone is 1. The summed E-state index contributed by atoms with van der Waals surface area (Å²) in [6.45, 7) is 8.37. The van der Waals surface area contributed by atoms with Crippen molar-refractivity contribution >= 4 is 11.9 Å². The number of carboxylic acids is 1. The number of carbonyl (C=O) groups excluding carboxylic acids is 1. The van der Waals surface area contributed by atoms with Crippen LogP contribution in [0, 0.1) is 5.92 Å². The van der Waals surface area contributed by atoms with E-state index in [-0.39, 0.29) is 5.97 Å². The lowest BCUT2D eigenvalue weighted by Crippen LogP contribution is -2.04. The zero-order valence-electron chi connectivity index (χ0n) is 11.2. The normalized spacial score (nSPS) is 9.94. The number of rotatable bonds is 6. The van der Waals surface area contributed by atoms with Gasteiger partial charge in [0.15, 0.2) is 0 Å². The van der Waals surface area contributed by atoms with Gasteiger partial charge >= 0.3 is 11.9 Å². The summed E-state index contributed by atoms with van der Waals surface area (Å²) >= 11 is 0. The zero-order valence-corrected chi connectivity index (χ0v) is 11.2. The first-order valence-corrected chi connectivity index (χ1v) is 5.95. The SMILES string of the molecule is CC=CC(=O)OCCC(C)C.CCCC(=O)O. The Balaban J connectivity index is 0. The number of hydrogen-bond acceptors (Lipinski definition) is 3. The van der Waals surface area contributed by atoms with Crippen LogP contribution >= 0.6 is 0 Å². The van der Waals surface area contributed by atoms with Crippen LogP contribution in [0.25, 0.3) is 0 Å². The van der Waals surface area contributed by atoms with Crippen molar-refractivity contribution in [3.8, 4) is 0 Å². The summed E-state index contributed by atoms with van der Waals surface area (Å²) in [5.74, 6) is -0.362. The first-order chi connectivity index (χ1) is 7.93. The van der Waals surface area contributed by atoms with Crippen LogP contribution in [0.1, 0.15) is 47.0 Å². The Kier molecular flexibility index (Phi) is 13.5. The molecule has 0 aliphatic rings. The minimum atomic E-state index is -0.711. The van der Waals surface area contributed by atoms with Gasteiger partial charge in [0.2, 0.25) is 0 Å². The maximum Gasteiger partial charge on any atom is 0.330 e. The molecule has 0 aromatic carbocycles. The van der Waals surface area contributed by atoms with Crippen molar-refractivity contribution in [3.05, 3.63) is 12.2 Å². The Hall–Kier alpha value is -1.32. The fourth-order valence-corrected chi connectivity index (χ4v) is 0.793. The molecular formula is C13H24O4. The van der Waals surface area contributed by atoms with Gasteiger partial charge in [0.1, 0.15) is 0 Å². The summed E-state index contributed by atoms with van der Waals surface area (Å²) in [6.07, 6.45) is 5.07. The van der Waals surface area contributed by atoms with Gasteiger partial charge in [0.25, 0.3) is 0 Å². The molecule has 0 radical (unpaired) electrons. The maximum atomic E-state index is 10.7. The molecule has 0 fully saturated rings. The highest BCUT2D eigenvalue weighted by Gasteiger charge is 1.97. The monoisotopic (exact) mass is 244 g/mol. The molecule has 0 heterocycles. The van der Waals surface area contributed by atoms with E-state index in [1.54, 1.807) is 13.0 Å². The van der Waals surface area contributed by atoms with Gasteiger partial charge in [-0.3, -0.25) is 4.79 Å². The van der Waals surface area contributed by atoms with Crippen molar-refractivity contribution in [2.75, 3.05) is 6.61 Å². The van der Waals surface area contributed by atoms with E-state index in [4.69, 9.17) is 9.84 Å². The summed E-state index contributed by atoms with van der Waals surface area (Å²) < 4.78 is 4.87. The van der Waals surface area contributed by atoms with Gasteiger partial charge in [0, 0.05) is 12.5 Å². The van der Waals surface area contributed by atoms with Crippen molar-refractivity contribution < 1.29 is 19.4 Å². The highest BCUT2D eigenvalue weighted by Crippen LogP contribution is 1.98. The summed E-state index contributed by atoms with van der Waals surface area (Å²) in [7, 11) is 0. The fraction of sp³-hybridized carbons (Fsp3) is 0.692. The van der Waals surface area contributed by atoms with Gasteiger partial charge in [-0.15, -0.1) is 0 Å². The number of carbonyl (C=O) groups is 2. The highest BCUT2D eigenvalue weighted by atomic mass is 16.5. The van der Waals surface area contributed by atoms with Crippen molar-refractivity contribution in [3.63, 3.8) is 0 Å². The van der Waals surface area contributed by atoms with Gasteiger partial charge in [-0.1, -0.05) is 26.8 Å². The molecule has 0 unspecified atom stereocenters. The van der Waals surface area contributed by atoms with Crippen LogP contribution in [0.2, 0.25) is 0 Å². The predicted molar refractivity (Wildman–Crippen MR) is 67.8 cm³/mol. The third kappa shape index (κ3) is 20.7. The number of aliphatic carboxylic acids is 1. The second kappa shape index (κ2) is 12.7. The second-order valence-electron chi connectivity index (χ2n) is 3.99. The average molecular weight is 244 g/mol. The summed E-state index contributed by atoms with van der Waals surface area (Å²) in [5, 5.41) is 7.91. The van der Waals surface area contributed by atoms with E-state index in [9.17, 15) is 9.59 Å². The molecule has 0 atom stereocenters. The third-order valence-corrected chi connectivity index (χ3v) is 1.71. The molecule has 0 saturated carbocycles. The van der Waals surface area contributed by atoms with Gasteiger partial charge in [-0.05, 0) is 25.7 Å². The maximum absolute atomic E-state index is 10.7. The molecule has 1 N–H and O–H groups in total. The molecule has 100 valence electrons. The smallest absolute Gasteiger partial charge is 0.330 e. The summed E-state index contributed by atoms with van der Waals surface area (Å²) in [6, 6.07) is 0. The van der Waals surface area contributed by atoms with Crippen LogP contribution in [0.4, 0.5) is 0 Å².